The molecule has 22 heavy (non-hydrogen) atoms. The molecule has 3 amide bonds. The van der Waals surface area contributed by atoms with Crippen molar-refractivity contribution < 1.29 is 9.59 Å². The summed E-state index contributed by atoms with van der Waals surface area (Å²) >= 11 is 1.24. The van der Waals surface area contributed by atoms with Crippen molar-refractivity contribution in [3.63, 3.8) is 0 Å². The fraction of sp³-hybridized carbons (Fsp3) is 0.286. The van der Waals surface area contributed by atoms with Crippen molar-refractivity contribution in [3.8, 4) is 5.69 Å². The van der Waals surface area contributed by atoms with Gasteiger partial charge >= 0.3 is 6.03 Å². The molecule has 0 aliphatic carbocycles. The maximum absolute atomic E-state index is 11.9. The van der Waals surface area contributed by atoms with Gasteiger partial charge in [-0.2, -0.15) is 0 Å². The lowest BCUT2D eigenvalue weighted by molar-refractivity contribution is -0.119. The van der Waals surface area contributed by atoms with E-state index in [0.29, 0.717) is 5.16 Å². The molecule has 0 spiro atoms. The van der Waals surface area contributed by atoms with Crippen molar-refractivity contribution in [2.24, 2.45) is 0 Å². The number of para-hydroxylation sites is 1. The molecule has 8 heteroatoms. The van der Waals surface area contributed by atoms with Gasteiger partial charge in [0.15, 0.2) is 5.16 Å². The number of hydrogen-bond acceptors (Lipinski definition) is 5. The third kappa shape index (κ3) is 3.64. The smallest absolute Gasteiger partial charge is 0.321 e. The van der Waals surface area contributed by atoms with E-state index in [-0.39, 0.29) is 5.91 Å². The molecule has 7 nitrogen and oxygen atoms in total. The number of hydrogen-bond donors (Lipinski definition) is 2. The van der Waals surface area contributed by atoms with Crippen molar-refractivity contribution in [3.05, 3.63) is 36.2 Å². The van der Waals surface area contributed by atoms with Gasteiger partial charge in [-0.15, -0.1) is 10.2 Å². The number of carbonyl (C=O) groups is 2. The molecule has 0 fully saturated rings. The predicted octanol–water partition coefficient (Wildman–Crippen LogP) is 1.51. The molecule has 2 rings (SSSR count). The van der Waals surface area contributed by atoms with E-state index in [4.69, 9.17) is 0 Å². The van der Waals surface area contributed by atoms with Gasteiger partial charge in [0.2, 0.25) is 5.91 Å². The molecule has 1 aromatic heterocycles. The first-order valence-electron chi connectivity index (χ1n) is 6.68. The summed E-state index contributed by atoms with van der Waals surface area (Å²) < 4.78 is 1.82. The monoisotopic (exact) mass is 319 g/mol. The number of rotatable bonds is 4. The summed E-state index contributed by atoms with van der Waals surface area (Å²) in [5.41, 5.74) is 2.03. The van der Waals surface area contributed by atoms with Crippen molar-refractivity contribution in [2.75, 3.05) is 7.05 Å². The van der Waals surface area contributed by atoms with Gasteiger partial charge in [0.25, 0.3) is 0 Å². The lowest BCUT2D eigenvalue weighted by Crippen LogP contribution is -2.41. The van der Waals surface area contributed by atoms with Crippen LogP contribution in [0.5, 0.6) is 0 Å². The molecule has 1 atom stereocenters. The molecule has 0 saturated heterocycles. The fourth-order valence-corrected chi connectivity index (χ4v) is 2.63. The third-order valence-electron chi connectivity index (χ3n) is 3.01. The zero-order chi connectivity index (χ0) is 16.1. The van der Waals surface area contributed by atoms with Crippen LogP contribution in [0, 0.1) is 6.92 Å². The Morgan fingerprint density at radius 3 is 2.73 bits per heavy atom. The van der Waals surface area contributed by atoms with E-state index in [0.717, 1.165) is 11.3 Å². The summed E-state index contributed by atoms with van der Waals surface area (Å²) in [7, 11) is 1.45. The van der Waals surface area contributed by atoms with E-state index < -0.39 is 11.3 Å². The lowest BCUT2D eigenvalue weighted by atomic mass is 10.2. The summed E-state index contributed by atoms with van der Waals surface area (Å²) in [5, 5.41) is 12.7. The van der Waals surface area contributed by atoms with Crippen LogP contribution in [0.1, 0.15) is 12.5 Å². The van der Waals surface area contributed by atoms with E-state index in [2.05, 4.69) is 20.8 Å². The highest BCUT2D eigenvalue weighted by atomic mass is 32.2. The second-order valence-corrected chi connectivity index (χ2v) is 5.91. The van der Waals surface area contributed by atoms with Crippen molar-refractivity contribution in [1.29, 1.82) is 0 Å². The van der Waals surface area contributed by atoms with E-state index in [1.165, 1.54) is 18.8 Å². The summed E-state index contributed by atoms with van der Waals surface area (Å²) in [6.45, 7) is 3.70. The van der Waals surface area contributed by atoms with Crippen molar-refractivity contribution in [2.45, 2.75) is 24.3 Å². The zero-order valence-corrected chi connectivity index (χ0v) is 13.3. The summed E-state index contributed by atoms with van der Waals surface area (Å²) in [6, 6.07) is 7.30. The van der Waals surface area contributed by atoms with Crippen LogP contribution in [0.3, 0.4) is 0 Å². The minimum atomic E-state index is -0.530. The van der Waals surface area contributed by atoms with Crippen LogP contribution in [0.15, 0.2) is 35.7 Å². The highest BCUT2D eigenvalue weighted by molar-refractivity contribution is 8.00. The minimum Gasteiger partial charge on any atom is -0.341 e. The Bertz CT molecular complexity index is 685. The summed E-state index contributed by atoms with van der Waals surface area (Å²) in [5.74, 6) is -0.385. The van der Waals surface area contributed by atoms with Crippen LogP contribution in [0.4, 0.5) is 4.79 Å². The molecule has 0 aliphatic heterocycles. The van der Waals surface area contributed by atoms with Crippen LogP contribution in [0.25, 0.3) is 5.69 Å². The number of thioether (sulfide) groups is 1. The van der Waals surface area contributed by atoms with Gasteiger partial charge in [-0.25, -0.2) is 4.79 Å². The molecule has 1 heterocycles. The highest BCUT2D eigenvalue weighted by Crippen LogP contribution is 2.25. The van der Waals surface area contributed by atoms with E-state index in [1.807, 2.05) is 35.8 Å². The number of imide groups is 1. The normalized spacial score (nSPS) is 11.8. The number of nitrogens with zero attached hydrogens (tertiary/aromatic N) is 3. The summed E-state index contributed by atoms with van der Waals surface area (Å²) in [4.78, 5) is 23.1. The second-order valence-electron chi connectivity index (χ2n) is 4.60. The Morgan fingerprint density at radius 2 is 2.05 bits per heavy atom. The molecular formula is C14H17N5O2S. The molecule has 0 saturated carbocycles. The molecule has 0 radical (unpaired) electrons. The van der Waals surface area contributed by atoms with E-state index in [9.17, 15) is 9.59 Å². The topological polar surface area (TPSA) is 88.9 Å². The standard InChI is InChI=1S/C14H17N5O2S/c1-9-6-4-5-7-11(9)19-8-16-18-14(19)22-10(2)12(20)17-13(21)15-3/h4-8,10H,1-3H3,(H2,15,17,20,21)/t10-/m1/s1. The van der Waals surface area contributed by atoms with Crippen LogP contribution in [0.2, 0.25) is 0 Å². The van der Waals surface area contributed by atoms with Gasteiger partial charge in [0.05, 0.1) is 10.9 Å². The first kappa shape index (κ1) is 16.0. The van der Waals surface area contributed by atoms with Gasteiger partial charge in [-0.05, 0) is 25.5 Å². The maximum Gasteiger partial charge on any atom is 0.321 e. The Kier molecular flexibility index (Phi) is 5.16. The zero-order valence-electron chi connectivity index (χ0n) is 12.5. The van der Waals surface area contributed by atoms with Crippen LogP contribution < -0.4 is 10.6 Å². The molecular weight excluding hydrogens is 302 g/mol. The fourth-order valence-electron chi connectivity index (χ4n) is 1.79. The molecule has 0 unspecified atom stereocenters. The number of benzene rings is 1. The van der Waals surface area contributed by atoms with Crippen LogP contribution in [-0.4, -0.2) is 39.0 Å². The number of urea groups is 1. The average molecular weight is 319 g/mol. The predicted molar refractivity (Wildman–Crippen MR) is 84.0 cm³/mol. The van der Waals surface area contributed by atoms with Crippen molar-refractivity contribution >= 4 is 23.7 Å². The minimum absolute atomic E-state index is 0.385. The Hall–Kier alpha value is -2.35. The quantitative estimate of drug-likeness (QED) is 0.834. The Morgan fingerprint density at radius 1 is 1.32 bits per heavy atom. The molecule has 116 valence electrons. The largest absolute Gasteiger partial charge is 0.341 e. The third-order valence-corrected chi connectivity index (χ3v) is 4.06. The first-order valence-corrected chi connectivity index (χ1v) is 7.56. The lowest BCUT2D eigenvalue weighted by Gasteiger charge is -2.12. The Labute approximate surface area is 132 Å². The molecule has 2 aromatic rings. The van der Waals surface area contributed by atoms with Crippen molar-refractivity contribution in [1.82, 2.24) is 25.4 Å². The number of carbonyl (C=O) groups excluding carboxylic acids is 2. The second kappa shape index (κ2) is 7.08. The first-order chi connectivity index (χ1) is 10.5. The SMILES string of the molecule is CNC(=O)NC(=O)[C@@H](C)Sc1nncn1-c1ccccc1C. The number of amides is 3. The van der Waals surface area contributed by atoms with Gasteiger partial charge in [0.1, 0.15) is 6.33 Å². The molecule has 1 aromatic carbocycles. The van der Waals surface area contributed by atoms with Crippen LogP contribution >= 0.6 is 11.8 Å². The average Bonchev–Trinajstić information content (AvgIpc) is 2.95. The van der Waals surface area contributed by atoms with E-state index >= 15 is 0 Å². The van der Waals surface area contributed by atoms with Gasteiger partial charge in [-0.1, -0.05) is 30.0 Å². The van der Waals surface area contributed by atoms with E-state index in [1.54, 1.807) is 13.3 Å². The maximum atomic E-state index is 11.9. The van der Waals surface area contributed by atoms with Crippen LogP contribution in [-0.2, 0) is 4.79 Å². The van der Waals surface area contributed by atoms with Gasteiger partial charge in [-0.3, -0.25) is 14.7 Å². The number of nitrogens with one attached hydrogen (secondary N) is 2. The molecule has 2 N–H and O–H groups in total. The van der Waals surface area contributed by atoms with Gasteiger partial charge in [0, 0.05) is 7.05 Å². The number of aromatic nitrogens is 3. The summed E-state index contributed by atoms with van der Waals surface area (Å²) in [6.07, 6.45) is 1.61. The highest BCUT2D eigenvalue weighted by Gasteiger charge is 2.20. The molecule has 0 aliphatic rings. The number of aryl methyl sites for hydroxylation is 1. The van der Waals surface area contributed by atoms with Gasteiger partial charge < -0.3 is 5.32 Å². The Balaban J connectivity index is 2.15. The molecule has 0 bridgehead atoms.